The van der Waals surface area contributed by atoms with E-state index in [9.17, 15) is 30.0 Å². The van der Waals surface area contributed by atoms with Gasteiger partial charge in [0.15, 0.2) is 0 Å². The molecule has 0 unspecified atom stereocenters. The van der Waals surface area contributed by atoms with Crippen LogP contribution in [0.5, 0.6) is 5.75 Å². The molecule has 1 aromatic carbocycles. The summed E-state index contributed by atoms with van der Waals surface area (Å²) < 4.78 is 0. The van der Waals surface area contributed by atoms with E-state index in [2.05, 4.69) is 4.90 Å². The van der Waals surface area contributed by atoms with Crippen LogP contribution in [0.4, 0.5) is 5.69 Å². The van der Waals surface area contributed by atoms with Crippen molar-refractivity contribution in [1.29, 1.82) is 0 Å². The Kier molecular flexibility index (Phi) is 7.59. The fraction of sp³-hybridized carbons (Fsp3) is 0.567. The number of phenols is 1. The second-order valence-electron chi connectivity index (χ2n) is 12.4. The second kappa shape index (κ2) is 10.6. The molecule has 1 saturated heterocycles. The van der Waals surface area contributed by atoms with Gasteiger partial charge in [-0.05, 0) is 12.8 Å². The number of ketones is 1. The van der Waals surface area contributed by atoms with Gasteiger partial charge >= 0.3 is 216 Å². The van der Waals surface area contributed by atoms with Crippen LogP contribution in [0.2, 0.25) is 0 Å². The first-order chi connectivity index (χ1) is 19.3. The number of nitrogens with zero attached hydrogens (tertiary/aromatic N) is 3. The summed E-state index contributed by atoms with van der Waals surface area (Å²) in [4.78, 5) is 32.4. The number of likely N-dealkylation sites (N-methyl/N-ethyl adjacent to an activating group) is 1. The Bertz CT molecular complexity index is 1380. The predicted octanol–water partition coefficient (Wildman–Crippen LogP) is 1.18. The van der Waals surface area contributed by atoms with Crippen molar-refractivity contribution in [2.45, 2.75) is 56.7 Å². The van der Waals surface area contributed by atoms with Gasteiger partial charge in [0.25, 0.3) is 0 Å². The van der Waals surface area contributed by atoms with E-state index >= 15 is 0 Å². The number of aromatic hydroxyl groups is 1. The van der Waals surface area contributed by atoms with Crippen molar-refractivity contribution < 1.29 is 30.0 Å². The maximum absolute atomic E-state index is 14.1. The van der Waals surface area contributed by atoms with Gasteiger partial charge in [-0.1, -0.05) is 12.8 Å². The zero-order chi connectivity index (χ0) is 30.0. The van der Waals surface area contributed by atoms with Gasteiger partial charge in [-0.25, -0.2) is 0 Å². The number of Topliss-reactive ketones (excluding diaryl/α,β-unsaturated/α-hetero) is 1. The number of likely N-dealkylation sites (tertiary alicyclic amines) is 1. The molecule has 41 heavy (non-hydrogen) atoms. The molecule has 1 radical (unpaired) electrons. The van der Waals surface area contributed by atoms with Crippen molar-refractivity contribution >= 4 is 36.1 Å². The molecule has 2 fully saturated rings. The van der Waals surface area contributed by atoms with Crippen LogP contribution in [0.25, 0.3) is 5.76 Å². The van der Waals surface area contributed by atoms with E-state index in [0.29, 0.717) is 13.0 Å². The number of carbonyl (C=O) groups is 2. The maximum atomic E-state index is 14.1. The molecule has 1 saturated carbocycles. The summed E-state index contributed by atoms with van der Waals surface area (Å²) in [5.74, 6) is -4.27. The van der Waals surface area contributed by atoms with Crippen molar-refractivity contribution in [3.05, 3.63) is 39.7 Å². The summed E-state index contributed by atoms with van der Waals surface area (Å²) in [6, 6.07) is 0.746. The van der Waals surface area contributed by atoms with Crippen molar-refractivity contribution in [3.8, 4) is 5.75 Å². The number of aliphatic hydroxyl groups is 3. The van der Waals surface area contributed by atoms with E-state index in [1.807, 2.05) is 19.0 Å². The normalized spacial score (nSPS) is 28.8. The SMILES string of the molecule is [B]=C1C(C(N)=O)=C(O)[C@@H](N(C)C)[C@@H]2C[C@@H]3Cc4c(c(O)cc(CN5CCCCCC5)c4N(C)C)C(O)=C3C(=O)[C@]12O. The van der Waals surface area contributed by atoms with Crippen LogP contribution >= 0.6 is 0 Å². The summed E-state index contributed by atoms with van der Waals surface area (Å²) in [6.07, 6.45) is 5.18. The Morgan fingerprint density at radius 1 is 1.12 bits per heavy atom. The van der Waals surface area contributed by atoms with Crippen LogP contribution in [0.1, 0.15) is 48.8 Å². The summed E-state index contributed by atoms with van der Waals surface area (Å²) in [7, 11) is 13.4. The van der Waals surface area contributed by atoms with Gasteiger partial charge in [-0.2, -0.15) is 0 Å². The van der Waals surface area contributed by atoms with E-state index in [1.54, 1.807) is 25.1 Å². The second-order valence-corrected chi connectivity index (χ2v) is 12.4. The van der Waals surface area contributed by atoms with Crippen molar-refractivity contribution in [2.75, 3.05) is 46.2 Å². The monoisotopic (exact) mass is 563 g/mol. The third-order valence-corrected chi connectivity index (χ3v) is 9.42. The fourth-order valence-corrected chi connectivity index (χ4v) is 7.68. The number of rotatable bonds is 5. The molecule has 11 heteroatoms. The molecule has 0 spiro atoms. The molecule has 0 aromatic heterocycles. The summed E-state index contributed by atoms with van der Waals surface area (Å²) in [6.45, 7) is 2.61. The number of nitrogens with two attached hydrogens (primary N) is 1. The average Bonchev–Trinajstić information content (AvgIpc) is 3.14. The first kappa shape index (κ1) is 29.4. The molecule has 0 bridgehead atoms. The third-order valence-electron chi connectivity index (χ3n) is 9.42. The van der Waals surface area contributed by atoms with Gasteiger partial charge in [0, 0.05) is 0 Å². The molecule has 10 nitrogen and oxygen atoms in total. The summed E-state index contributed by atoms with van der Waals surface area (Å²) >= 11 is 0. The van der Waals surface area contributed by atoms with Gasteiger partial charge in [0.05, 0.1) is 0 Å². The van der Waals surface area contributed by atoms with Gasteiger partial charge in [-0.15, -0.1) is 0 Å². The standard InChI is InChI=1S/C30H40BN4O6/c1-33(2)23-16(14-35-9-7-5-6-8-10-35)13-19(36)21-17(23)11-15-12-18-24(34(3)4)26(38)22(29(32)40)27(31)30(18,41)28(39)20(15)25(21)37/h13,15,18,24,36-38,41H,5-12,14H2,1-4H3,(H2,32,40)/t15-,18-,24-,30+/m0/s1. The molecule has 1 heterocycles. The molecule has 6 N–H and O–H groups in total. The predicted molar refractivity (Wildman–Crippen MR) is 158 cm³/mol. The molecule has 3 aliphatic carbocycles. The summed E-state index contributed by atoms with van der Waals surface area (Å²) in [5, 5.41) is 45.8. The Morgan fingerprint density at radius 2 is 1.76 bits per heavy atom. The Labute approximate surface area is 241 Å². The van der Waals surface area contributed by atoms with Gasteiger partial charge in [0.2, 0.25) is 0 Å². The fourth-order valence-electron chi connectivity index (χ4n) is 7.68. The first-order valence-corrected chi connectivity index (χ1v) is 14.3. The number of fused-ring (bicyclic) bond motifs is 3. The van der Waals surface area contributed by atoms with Gasteiger partial charge < -0.3 is 0 Å². The molecular weight excluding hydrogens is 523 g/mol. The summed E-state index contributed by atoms with van der Waals surface area (Å²) in [5.41, 5.74) is 4.82. The van der Waals surface area contributed by atoms with Gasteiger partial charge in [0.1, 0.15) is 0 Å². The number of hydrogen-bond donors (Lipinski definition) is 5. The molecule has 1 aliphatic heterocycles. The van der Waals surface area contributed by atoms with Gasteiger partial charge in [-0.3, -0.25) is 0 Å². The molecule has 1 aromatic rings. The Balaban J connectivity index is 1.65. The van der Waals surface area contributed by atoms with Crippen LogP contribution in [-0.4, -0.2) is 108 Å². The van der Waals surface area contributed by atoms with Crippen molar-refractivity contribution in [3.63, 3.8) is 0 Å². The minimum atomic E-state index is -2.38. The quantitative estimate of drug-likeness (QED) is 0.333. The number of primary amides is 1. The first-order valence-electron chi connectivity index (χ1n) is 14.3. The zero-order valence-electron chi connectivity index (χ0n) is 24.3. The molecule has 5 rings (SSSR count). The number of benzene rings is 1. The topological polar surface area (TPSA) is 151 Å². The molecule has 4 aliphatic rings. The third kappa shape index (κ3) is 4.49. The average molecular weight is 563 g/mol. The van der Waals surface area contributed by atoms with E-state index in [-0.39, 0.29) is 29.1 Å². The van der Waals surface area contributed by atoms with Crippen LogP contribution < -0.4 is 10.6 Å². The van der Waals surface area contributed by atoms with Crippen molar-refractivity contribution in [2.24, 2.45) is 17.6 Å². The van der Waals surface area contributed by atoms with Crippen LogP contribution in [-0.2, 0) is 22.6 Å². The molecule has 4 atom stereocenters. The number of phenolic OH excluding ortho intramolecular Hbond substituents is 1. The van der Waals surface area contributed by atoms with Crippen LogP contribution in [0.3, 0.4) is 0 Å². The van der Waals surface area contributed by atoms with E-state index in [1.165, 1.54) is 12.8 Å². The van der Waals surface area contributed by atoms with Crippen LogP contribution in [0.15, 0.2) is 23.0 Å². The number of aliphatic hydroxyl groups excluding tert-OH is 2. The molecule has 1 amide bonds. The Hall–Kier alpha value is -3.15. The molecule has 219 valence electrons. The van der Waals surface area contributed by atoms with Crippen LogP contribution in [0, 0.1) is 11.8 Å². The van der Waals surface area contributed by atoms with E-state index in [0.717, 1.165) is 42.7 Å². The van der Waals surface area contributed by atoms with E-state index in [4.69, 9.17) is 13.2 Å². The number of amides is 1. The number of anilines is 1. The zero-order valence-corrected chi connectivity index (χ0v) is 24.3. The minimum absolute atomic E-state index is 0.0396. The van der Waals surface area contributed by atoms with Crippen molar-refractivity contribution in [1.82, 2.24) is 9.80 Å². The Morgan fingerprint density at radius 3 is 2.32 bits per heavy atom. The number of hydrogen-bond acceptors (Lipinski definition) is 9. The van der Waals surface area contributed by atoms with E-state index < -0.39 is 52.0 Å². The molecular formula is C30H40BN4O6. The number of carbonyl (C=O) groups excluding carboxylic acids is 2.